The van der Waals surface area contributed by atoms with E-state index in [1.807, 2.05) is 6.07 Å². The third-order valence-electron chi connectivity index (χ3n) is 4.75. The van der Waals surface area contributed by atoms with Gasteiger partial charge in [-0.2, -0.15) is 0 Å². The molecule has 1 saturated heterocycles. The Hall–Kier alpha value is -3.35. The first-order valence-corrected chi connectivity index (χ1v) is 9.66. The second-order valence-corrected chi connectivity index (χ2v) is 6.71. The Morgan fingerprint density at radius 3 is 2.48 bits per heavy atom. The highest BCUT2D eigenvalue weighted by Gasteiger charge is 2.30. The van der Waals surface area contributed by atoms with Crippen LogP contribution in [0.25, 0.3) is 6.08 Å². The molecule has 1 aliphatic rings. The number of carbonyl (C=O) groups is 3. The number of ether oxygens (including phenoxy) is 1. The molecule has 29 heavy (non-hydrogen) atoms. The van der Waals surface area contributed by atoms with E-state index < -0.39 is 0 Å². The molecular weight excluding hydrogens is 372 g/mol. The molecule has 7 nitrogen and oxygen atoms in total. The van der Waals surface area contributed by atoms with Crippen molar-refractivity contribution >= 4 is 23.9 Å². The zero-order valence-corrected chi connectivity index (χ0v) is 16.3. The molecule has 2 heterocycles. The average Bonchev–Trinajstić information content (AvgIpc) is 3.27. The summed E-state index contributed by atoms with van der Waals surface area (Å²) in [5.74, 6) is -0.645. The quantitative estimate of drug-likeness (QED) is 0.599. The number of amides is 2. The topological polar surface area (TPSA) is 88.8 Å². The van der Waals surface area contributed by atoms with Gasteiger partial charge < -0.3 is 19.4 Å². The molecule has 0 aliphatic carbocycles. The number of rotatable bonds is 6. The lowest BCUT2D eigenvalue weighted by Gasteiger charge is -2.31. The van der Waals surface area contributed by atoms with Crippen molar-refractivity contribution in [3.63, 3.8) is 0 Å². The van der Waals surface area contributed by atoms with Crippen molar-refractivity contribution in [1.29, 1.82) is 0 Å². The van der Waals surface area contributed by atoms with Gasteiger partial charge in [0.15, 0.2) is 0 Å². The normalized spacial score (nSPS) is 15.1. The van der Waals surface area contributed by atoms with E-state index in [9.17, 15) is 14.4 Å². The predicted octanol–water partition coefficient (Wildman–Crippen LogP) is 2.85. The number of benzene rings is 1. The number of piperidine rings is 1. The van der Waals surface area contributed by atoms with Crippen LogP contribution in [0.15, 0.2) is 58.8 Å². The summed E-state index contributed by atoms with van der Waals surface area (Å²) in [4.78, 5) is 39.2. The number of furan rings is 1. The van der Waals surface area contributed by atoms with Crippen LogP contribution in [-0.2, 0) is 14.3 Å². The highest BCUT2D eigenvalue weighted by Crippen LogP contribution is 2.20. The number of hydrogen-bond acceptors (Lipinski definition) is 5. The molecule has 7 heteroatoms. The Morgan fingerprint density at radius 1 is 1.14 bits per heavy atom. The molecule has 0 spiro atoms. The SMILES string of the molecule is CCOC(=O)C1CCN(C(=O)/C(=C\c2ccco2)NC(=O)c2ccccc2)CC1. The Labute approximate surface area is 169 Å². The van der Waals surface area contributed by atoms with Crippen LogP contribution < -0.4 is 5.32 Å². The molecule has 3 rings (SSSR count). The fourth-order valence-corrected chi connectivity index (χ4v) is 3.20. The van der Waals surface area contributed by atoms with Gasteiger partial charge in [-0.3, -0.25) is 14.4 Å². The van der Waals surface area contributed by atoms with Gasteiger partial charge in [0.05, 0.1) is 18.8 Å². The largest absolute Gasteiger partial charge is 0.466 e. The van der Waals surface area contributed by atoms with E-state index in [2.05, 4.69) is 5.32 Å². The van der Waals surface area contributed by atoms with Crippen molar-refractivity contribution in [2.75, 3.05) is 19.7 Å². The summed E-state index contributed by atoms with van der Waals surface area (Å²) in [6, 6.07) is 12.1. The Bertz CT molecular complexity index is 866. The van der Waals surface area contributed by atoms with Crippen molar-refractivity contribution in [2.45, 2.75) is 19.8 Å². The van der Waals surface area contributed by atoms with Crippen LogP contribution in [0.2, 0.25) is 0 Å². The zero-order chi connectivity index (χ0) is 20.6. The van der Waals surface area contributed by atoms with Crippen molar-refractivity contribution in [3.8, 4) is 0 Å². The van der Waals surface area contributed by atoms with Crippen molar-refractivity contribution in [3.05, 3.63) is 65.7 Å². The van der Waals surface area contributed by atoms with Crippen LogP contribution >= 0.6 is 0 Å². The van der Waals surface area contributed by atoms with E-state index in [4.69, 9.17) is 9.15 Å². The van der Waals surface area contributed by atoms with Crippen LogP contribution in [0.4, 0.5) is 0 Å². The zero-order valence-electron chi connectivity index (χ0n) is 16.3. The maximum Gasteiger partial charge on any atom is 0.309 e. The summed E-state index contributed by atoms with van der Waals surface area (Å²) in [6.45, 7) is 2.95. The second kappa shape index (κ2) is 9.73. The van der Waals surface area contributed by atoms with Crippen molar-refractivity contribution < 1.29 is 23.5 Å². The molecule has 1 aromatic carbocycles. The van der Waals surface area contributed by atoms with Gasteiger partial charge in [0.2, 0.25) is 0 Å². The maximum atomic E-state index is 13.1. The van der Waals surface area contributed by atoms with Crippen LogP contribution in [0.5, 0.6) is 0 Å². The van der Waals surface area contributed by atoms with Gasteiger partial charge in [-0.1, -0.05) is 18.2 Å². The van der Waals surface area contributed by atoms with Gasteiger partial charge in [-0.15, -0.1) is 0 Å². The average molecular weight is 396 g/mol. The maximum absolute atomic E-state index is 13.1. The first-order chi connectivity index (χ1) is 14.1. The fraction of sp³-hybridized carbons (Fsp3) is 0.318. The first-order valence-electron chi connectivity index (χ1n) is 9.66. The van der Waals surface area contributed by atoms with Crippen LogP contribution in [0.3, 0.4) is 0 Å². The number of carbonyl (C=O) groups excluding carboxylic acids is 3. The fourth-order valence-electron chi connectivity index (χ4n) is 3.20. The summed E-state index contributed by atoms with van der Waals surface area (Å²) in [6.07, 6.45) is 4.08. The van der Waals surface area contributed by atoms with Crippen LogP contribution in [-0.4, -0.2) is 42.4 Å². The molecule has 0 bridgehead atoms. The van der Waals surface area contributed by atoms with E-state index >= 15 is 0 Å². The molecule has 2 amide bonds. The van der Waals surface area contributed by atoms with Gasteiger partial charge in [0.1, 0.15) is 11.5 Å². The summed E-state index contributed by atoms with van der Waals surface area (Å²) in [5, 5.41) is 2.70. The monoisotopic (exact) mass is 396 g/mol. The predicted molar refractivity (Wildman–Crippen MR) is 107 cm³/mol. The van der Waals surface area contributed by atoms with E-state index in [1.165, 1.54) is 12.3 Å². The van der Waals surface area contributed by atoms with Gasteiger partial charge in [-0.25, -0.2) is 0 Å². The smallest absolute Gasteiger partial charge is 0.309 e. The molecule has 1 aromatic heterocycles. The number of nitrogens with one attached hydrogen (secondary N) is 1. The molecule has 1 N–H and O–H groups in total. The molecule has 0 atom stereocenters. The Morgan fingerprint density at radius 2 is 1.86 bits per heavy atom. The molecule has 0 unspecified atom stereocenters. The van der Waals surface area contributed by atoms with E-state index in [0.29, 0.717) is 43.9 Å². The lowest BCUT2D eigenvalue weighted by atomic mass is 9.97. The third kappa shape index (κ3) is 5.34. The highest BCUT2D eigenvalue weighted by molar-refractivity contribution is 6.05. The number of likely N-dealkylation sites (tertiary alicyclic amines) is 1. The molecule has 1 aliphatic heterocycles. The first kappa shape index (κ1) is 20.4. The van der Waals surface area contributed by atoms with Crippen LogP contribution in [0, 0.1) is 5.92 Å². The molecular formula is C22H24N2O5. The molecule has 0 saturated carbocycles. The minimum absolute atomic E-state index is 0.128. The molecule has 152 valence electrons. The van der Waals surface area contributed by atoms with E-state index in [0.717, 1.165) is 0 Å². The standard InChI is InChI=1S/C22H24N2O5/c1-2-28-22(27)17-10-12-24(13-11-17)21(26)19(15-18-9-6-14-29-18)23-20(25)16-7-4-3-5-8-16/h3-9,14-15,17H,2,10-13H2,1H3,(H,23,25)/b19-15+. The minimum Gasteiger partial charge on any atom is -0.466 e. The van der Waals surface area contributed by atoms with Crippen LogP contribution in [0.1, 0.15) is 35.9 Å². The number of nitrogens with zero attached hydrogens (tertiary/aromatic N) is 1. The number of hydrogen-bond donors (Lipinski definition) is 1. The lowest BCUT2D eigenvalue weighted by Crippen LogP contribution is -2.44. The van der Waals surface area contributed by atoms with Gasteiger partial charge >= 0.3 is 5.97 Å². The minimum atomic E-state index is -0.377. The van der Waals surface area contributed by atoms with E-state index in [1.54, 1.807) is 48.2 Å². The summed E-state index contributed by atoms with van der Waals surface area (Å²) < 4.78 is 10.4. The van der Waals surface area contributed by atoms with Crippen molar-refractivity contribution in [2.24, 2.45) is 5.92 Å². The summed E-state index contributed by atoms with van der Waals surface area (Å²) >= 11 is 0. The molecule has 2 aromatic rings. The Balaban J connectivity index is 1.72. The molecule has 0 radical (unpaired) electrons. The molecule has 1 fully saturated rings. The van der Waals surface area contributed by atoms with Gasteiger partial charge in [0, 0.05) is 24.7 Å². The summed E-state index contributed by atoms with van der Waals surface area (Å²) in [7, 11) is 0. The van der Waals surface area contributed by atoms with Gasteiger partial charge in [-0.05, 0) is 44.0 Å². The highest BCUT2D eigenvalue weighted by atomic mass is 16.5. The number of esters is 1. The summed E-state index contributed by atoms with van der Waals surface area (Å²) in [5.41, 5.74) is 0.579. The second-order valence-electron chi connectivity index (χ2n) is 6.71. The van der Waals surface area contributed by atoms with Crippen molar-refractivity contribution in [1.82, 2.24) is 10.2 Å². The van der Waals surface area contributed by atoms with Gasteiger partial charge in [0.25, 0.3) is 11.8 Å². The third-order valence-corrected chi connectivity index (χ3v) is 4.75. The van der Waals surface area contributed by atoms with E-state index in [-0.39, 0.29) is 29.4 Å². The Kier molecular flexibility index (Phi) is 6.84. The lowest BCUT2D eigenvalue weighted by molar-refractivity contribution is -0.150.